The molecule has 2 saturated heterocycles. The highest BCUT2D eigenvalue weighted by atomic mass is 16.7. The molecule has 5 N–H and O–H groups in total. The lowest BCUT2D eigenvalue weighted by atomic mass is 10.1. The molecule has 6 aliphatic rings. The van der Waals surface area contributed by atoms with E-state index in [1.54, 1.807) is 112 Å². The van der Waals surface area contributed by atoms with Crippen LogP contribution in [-0.2, 0) is 69.7 Å². The second kappa shape index (κ2) is 38.2. The van der Waals surface area contributed by atoms with Crippen LogP contribution in [0, 0.1) is 6.92 Å². The van der Waals surface area contributed by atoms with Crippen molar-refractivity contribution in [3.63, 3.8) is 0 Å². The molecule has 0 bridgehead atoms. The van der Waals surface area contributed by atoms with Crippen molar-refractivity contribution in [1.29, 1.82) is 0 Å². The predicted molar refractivity (Wildman–Crippen MR) is 440 cm³/mol. The normalized spacial score (nSPS) is 18.1. The molecule has 118 heavy (non-hydrogen) atoms. The van der Waals surface area contributed by atoms with Crippen LogP contribution in [0.4, 0.5) is 59.9 Å². The second-order valence-electron chi connectivity index (χ2n) is 28.8. The molecule has 2 aromatic heterocycles. The fourth-order valence-electron chi connectivity index (χ4n) is 15.0. The summed E-state index contributed by atoms with van der Waals surface area (Å²) in [5.74, 6) is -1.67. The Balaban J connectivity index is 0.000000252. The number of amides is 8. The van der Waals surface area contributed by atoms with E-state index in [0.29, 0.717) is 108 Å². The number of carboxylic acids is 1. The summed E-state index contributed by atoms with van der Waals surface area (Å²) in [7, 11) is 4.92. The van der Waals surface area contributed by atoms with E-state index >= 15 is 0 Å². The van der Waals surface area contributed by atoms with Crippen molar-refractivity contribution >= 4 is 99.3 Å². The Bertz CT molecular complexity index is 5080. The van der Waals surface area contributed by atoms with Crippen LogP contribution in [0.25, 0.3) is 11.1 Å². The van der Waals surface area contributed by atoms with Gasteiger partial charge in [-0.05, 0) is 166 Å². The average molecular weight is 1610 g/mol. The van der Waals surface area contributed by atoms with Gasteiger partial charge in [-0.25, -0.2) is 24.2 Å². The summed E-state index contributed by atoms with van der Waals surface area (Å²) in [6.07, 6.45) is 9.10. The Kier molecular flexibility index (Phi) is 26.8. The average Bonchev–Trinajstić information content (AvgIpc) is 1.58. The number of aliphatic carboxylic acids is 1. The van der Waals surface area contributed by atoms with Gasteiger partial charge in [0.25, 0.3) is 23.6 Å². The lowest BCUT2D eigenvalue weighted by Crippen LogP contribution is -2.55. The minimum atomic E-state index is -1.02. The van der Waals surface area contributed by atoms with Crippen LogP contribution in [0.1, 0.15) is 123 Å². The molecular weight excluding hydrogens is 1520 g/mol. The SMILES string of the molecule is C=CCOC(=O)N1c2cc(OCCCC(=O)O)c(C)cc2C(=O)N2c3ccccc3C[C@H]2C1OC1CCCCO1.C=CCOC(=O)Nc1ccc(NC(=O)c2cc(-c3ccc(NC(=O)c4cc(NC(=O)CCCOc5cc6c(cc5OC)C(=O)N5c7ccccc7C[C@H]5C(OC5CCCCO5)N6C(=O)OCC=C)cn4C)cc3)cn2C)cc1. The standard InChI is InChI=1S/C58H60N8O12.C30H34N2O8/c1-6-25-76-57(71)62-41-23-21-40(22-24-41)61-53(68)46-30-38(34-63(46)3)36-17-19-39(20-18-36)60-54(69)47-31-42(35-64(47)4)59-51(67)15-12-28-74-50-33-45-43(32-49(50)73-5)55(70)65-44-14-9-8-13-37(44)29-48(65)56(66(45)58(72)77-26-7-2)78-52-16-10-11-27-75-52;1-3-13-39-30(36)32-23-18-25(37-15-8-11-26(33)34)19(2)16-21(23)28(35)31-22-10-5-4-9-20(22)17-24(31)29(32)40-27-12-6-7-14-38-27/h6-9,13-14,17-24,30-35,48,52,56H,1-2,10-12,15-16,25-29H2,3-5H3,(H,59,67)(H,60,69)(H,61,68)(H,62,71);3-5,9-10,16,18,24,27,29H,1,6-8,11-15,17H2,2H3,(H,33,34)/t48-,52?,56?;24-,27?,29?/m00/s1. The van der Waals surface area contributed by atoms with Gasteiger partial charge >= 0.3 is 24.2 Å². The summed E-state index contributed by atoms with van der Waals surface area (Å²) in [5, 5.41) is 20.2. The molecule has 0 spiro atoms. The zero-order valence-corrected chi connectivity index (χ0v) is 66.0. The molecule has 616 valence electrons. The number of carbonyl (C=O) groups is 9. The largest absolute Gasteiger partial charge is 0.493 e. The summed E-state index contributed by atoms with van der Waals surface area (Å²) in [6.45, 7) is 13.9. The number of nitrogens with zero attached hydrogens (tertiary/aromatic N) is 6. The highest BCUT2D eigenvalue weighted by Gasteiger charge is 2.52. The molecule has 0 saturated carbocycles. The first-order valence-corrected chi connectivity index (χ1v) is 39.1. The fraction of sp³-hybridized carbons (Fsp3) is 0.330. The number of fused-ring (bicyclic) bond motifs is 8. The van der Waals surface area contributed by atoms with E-state index in [-0.39, 0.29) is 98.7 Å². The van der Waals surface area contributed by atoms with E-state index in [0.717, 1.165) is 53.6 Å². The number of methoxy groups -OCH3 is 1. The number of benzene rings is 6. The van der Waals surface area contributed by atoms with Gasteiger partial charge in [0, 0.05) is 98.7 Å². The zero-order valence-electron chi connectivity index (χ0n) is 66.0. The Morgan fingerprint density at radius 1 is 0.517 bits per heavy atom. The van der Waals surface area contributed by atoms with Gasteiger partial charge in [-0.2, -0.15) is 0 Å². The highest BCUT2D eigenvalue weighted by Crippen LogP contribution is 2.48. The number of hydrogen-bond donors (Lipinski definition) is 5. The summed E-state index contributed by atoms with van der Waals surface area (Å²) in [5.41, 5.74) is 9.34. The van der Waals surface area contributed by atoms with Gasteiger partial charge in [0.2, 0.25) is 5.91 Å². The quantitative estimate of drug-likeness (QED) is 0.0173. The van der Waals surface area contributed by atoms with Gasteiger partial charge in [0.15, 0.2) is 36.5 Å². The van der Waals surface area contributed by atoms with Gasteiger partial charge < -0.3 is 87.4 Å². The molecule has 8 aromatic rings. The van der Waals surface area contributed by atoms with Crippen molar-refractivity contribution in [2.75, 3.05) is 94.2 Å². The number of ether oxygens (including phenoxy) is 10. The van der Waals surface area contributed by atoms with Crippen LogP contribution in [0.5, 0.6) is 17.2 Å². The molecule has 6 aliphatic heterocycles. The number of aromatic nitrogens is 2. The highest BCUT2D eigenvalue weighted by molar-refractivity contribution is 6.16. The number of hydrogen-bond acceptors (Lipinski definition) is 19. The predicted octanol–water partition coefficient (Wildman–Crippen LogP) is 14.5. The van der Waals surface area contributed by atoms with Crippen molar-refractivity contribution in [3.8, 4) is 28.4 Å². The topological polar surface area (TPSA) is 337 Å². The van der Waals surface area contributed by atoms with Crippen LogP contribution >= 0.6 is 0 Å². The molecule has 4 unspecified atom stereocenters. The third-order valence-electron chi connectivity index (χ3n) is 20.6. The van der Waals surface area contributed by atoms with Crippen molar-refractivity contribution in [3.05, 3.63) is 223 Å². The number of anilines is 8. The van der Waals surface area contributed by atoms with Crippen molar-refractivity contribution < 1.29 is 95.6 Å². The number of carboxylic acid groups (broad SMARTS) is 1. The number of aryl methyl sites for hydroxylation is 3. The third-order valence-corrected chi connectivity index (χ3v) is 20.6. The number of para-hydroxylation sites is 2. The van der Waals surface area contributed by atoms with Gasteiger partial charge in [0.1, 0.15) is 37.0 Å². The Morgan fingerprint density at radius 3 is 1.53 bits per heavy atom. The van der Waals surface area contributed by atoms with Crippen LogP contribution in [0.2, 0.25) is 0 Å². The van der Waals surface area contributed by atoms with Gasteiger partial charge in [-0.15, -0.1) is 0 Å². The summed E-state index contributed by atoms with van der Waals surface area (Å²) in [4.78, 5) is 126. The first-order valence-electron chi connectivity index (χ1n) is 39.1. The van der Waals surface area contributed by atoms with E-state index in [2.05, 4.69) is 41.0 Å². The Labute approximate surface area is 681 Å². The number of carbonyl (C=O) groups excluding carboxylic acids is 8. The first kappa shape index (κ1) is 82.9. The van der Waals surface area contributed by atoms with E-state index in [1.165, 1.54) is 35.1 Å². The van der Waals surface area contributed by atoms with E-state index < -0.39 is 67.3 Å². The second-order valence-corrected chi connectivity index (χ2v) is 28.8. The molecule has 2 fully saturated rings. The molecule has 0 aliphatic carbocycles. The summed E-state index contributed by atoms with van der Waals surface area (Å²) in [6, 6.07) is 37.7. The summed E-state index contributed by atoms with van der Waals surface area (Å²) < 4.78 is 62.5. The van der Waals surface area contributed by atoms with Gasteiger partial charge in [-0.1, -0.05) is 86.5 Å². The molecule has 8 heterocycles. The van der Waals surface area contributed by atoms with E-state index in [1.807, 2.05) is 73.8 Å². The number of nitrogens with one attached hydrogen (secondary N) is 4. The van der Waals surface area contributed by atoms with Crippen LogP contribution in [-0.4, -0.2) is 159 Å². The lowest BCUT2D eigenvalue weighted by Gasteiger charge is -2.38. The van der Waals surface area contributed by atoms with Crippen molar-refractivity contribution in [2.45, 2.75) is 121 Å². The van der Waals surface area contributed by atoms with Crippen LogP contribution in [0.3, 0.4) is 0 Å². The maximum absolute atomic E-state index is 14.7. The molecule has 8 amide bonds. The molecule has 30 nitrogen and oxygen atoms in total. The van der Waals surface area contributed by atoms with Crippen molar-refractivity contribution in [1.82, 2.24) is 9.13 Å². The molecule has 30 heteroatoms. The van der Waals surface area contributed by atoms with Crippen LogP contribution < -0.4 is 55.1 Å². The smallest absolute Gasteiger partial charge is 0.416 e. The van der Waals surface area contributed by atoms with Crippen LogP contribution in [0.15, 0.2) is 184 Å². The molecule has 0 radical (unpaired) electrons. The maximum Gasteiger partial charge on any atom is 0.416 e. The van der Waals surface area contributed by atoms with E-state index in [4.69, 9.17) is 52.5 Å². The molecule has 6 atom stereocenters. The van der Waals surface area contributed by atoms with E-state index in [9.17, 15) is 43.2 Å². The van der Waals surface area contributed by atoms with Crippen molar-refractivity contribution in [2.24, 2.45) is 14.1 Å². The maximum atomic E-state index is 14.7. The monoisotopic (exact) mass is 1610 g/mol. The first-order chi connectivity index (χ1) is 57.2. The summed E-state index contributed by atoms with van der Waals surface area (Å²) >= 11 is 0. The minimum absolute atomic E-state index is 0.0235. The lowest BCUT2D eigenvalue weighted by molar-refractivity contribution is -0.190. The van der Waals surface area contributed by atoms with Gasteiger partial charge in [-0.3, -0.25) is 34.1 Å². The molecule has 6 aromatic carbocycles. The molecule has 14 rings (SSSR count). The number of rotatable bonds is 28. The molecular formula is C88H94N10O20. The zero-order chi connectivity index (χ0) is 83.1. The Hall–Kier alpha value is -13.0. The van der Waals surface area contributed by atoms with Gasteiger partial charge in [0.05, 0.1) is 60.6 Å². The third kappa shape index (κ3) is 19.1. The Morgan fingerprint density at radius 2 is 1.00 bits per heavy atom. The fourth-order valence-corrected chi connectivity index (χ4v) is 15.0. The minimum Gasteiger partial charge on any atom is -0.493 e.